The zero-order chi connectivity index (χ0) is 24.9. The number of hydrogen-bond acceptors (Lipinski definition) is 6. The Balaban J connectivity index is 1.50. The average molecular weight is 511 g/mol. The second-order valence-electron chi connectivity index (χ2n) is 8.04. The molecule has 180 valence electrons. The van der Waals surface area contributed by atoms with Gasteiger partial charge in [-0.05, 0) is 49.7 Å². The molecule has 0 saturated carbocycles. The van der Waals surface area contributed by atoms with Crippen molar-refractivity contribution < 1.29 is 9.53 Å². The summed E-state index contributed by atoms with van der Waals surface area (Å²) < 4.78 is 7.33. The number of hydrogen-bond donors (Lipinski definition) is 2. The van der Waals surface area contributed by atoms with Crippen LogP contribution in [0, 0.1) is 0 Å². The summed E-state index contributed by atoms with van der Waals surface area (Å²) in [5.41, 5.74) is 3.36. The highest BCUT2D eigenvalue weighted by Gasteiger charge is 2.14. The van der Waals surface area contributed by atoms with Gasteiger partial charge in [-0.1, -0.05) is 35.3 Å². The number of amides is 1. The molecule has 1 amide bonds. The van der Waals surface area contributed by atoms with Crippen LogP contribution < -0.4 is 15.4 Å². The summed E-state index contributed by atoms with van der Waals surface area (Å²) in [4.78, 5) is 21.5. The van der Waals surface area contributed by atoms with E-state index in [9.17, 15) is 4.79 Å². The van der Waals surface area contributed by atoms with Crippen LogP contribution in [0.4, 0.5) is 11.6 Å². The minimum Gasteiger partial charge on any atom is -0.495 e. The largest absolute Gasteiger partial charge is 0.495 e. The third-order valence-electron chi connectivity index (χ3n) is 5.22. The highest BCUT2D eigenvalue weighted by Crippen LogP contribution is 2.31. The molecule has 0 atom stereocenters. The molecule has 0 spiro atoms. The van der Waals surface area contributed by atoms with Crippen molar-refractivity contribution in [2.45, 2.75) is 26.4 Å². The number of nitrogens with one attached hydrogen (secondary N) is 2. The number of aromatic nitrogens is 4. The molecule has 2 aromatic carbocycles. The highest BCUT2D eigenvalue weighted by molar-refractivity contribution is 6.32. The van der Waals surface area contributed by atoms with E-state index in [1.54, 1.807) is 36.5 Å². The Labute approximate surface area is 213 Å². The van der Waals surface area contributed by atoms with Crippen molar-refractivity contribution >= 4 is 40.7 Å². The van der Waals surface area contributed by atoms with Crippen molar-refractivity contribution in [2.75, 3.05) is 12.4 Å². The monoisotopic (exact) mass is 510 g/mol. The first-order valence-corrected chi connectivity index (χ1v) is 11.6. The number of carbonyl (C=O) groups is 1. The van der Waals surface area contributed by atoms with Crippen LogP contribution >= 0.6 is 23.2 Å². The van der Waals surface area contributed by atoms with Gasteiger partial charge in [0.05, 0.1) is 35.9 Å². The zero-order valence-corrected chi connectivity index (χ0v) is 20.9. The molecule has 0 radical (unpaired) electrons. The van der Waals surface area contributed by atoms with E-state index >= 15 is 0 Å². The molecule has 0 aliphatic heterocycles. The van der Waals surface area contributed by atoms with Gasteiger partial charge in [-0.15, -0.1) is 0 Å². The van der Waals surface area contributed by atoms with Crippen LogP contribution in [-0.4, -0.2) is 32.8 Å². The molecule has 0 fully saturated rings. The third-order valence-corrected chi connectivity index (χ3v) is 5.75. The van der Waals surface area contributed by atoms with E-state index in [-0.39, 0.29) is 11.9 Å². The molecule has 0 aliphatic rings. The molecule has 0 bridgehead atoms. The molecule has 10 heteroatoms. The maximum atomic E-state index is 12.7. The first-order valence-electron chi connectivity index (χ1n) is 10.9. The number of benzene rings is 2. The zero-order valence-electron chi connectivity index (χ0n) is 19.4. The van der Waals surface area contributed by atoms with Crippen LogP contribution in [0.2, 0.25) is 10.0 Å². The second-order valence-corrected chi connectivity index (χ2v) is 8.89. The number of anilines is 2. The minimum atomic E-state index is -0.225. The Morgan fingerprint density at radius 3 is 2.57 bits per heavy atom. The second kappa shape index (κ2) is 10.8. The predicted octanol–water partition coefficient (Wildman–Crippen LogP) is 5.91. The smallest absolute Gasteiger partial charge is 0.251 e. The van der Waals surface area contributed by atoms with Gasteiger partial charge in [0.2, 0.25) is 5.95 Å². The van der Waals surface area contributed by atoms with Crippen molar-refractivity contribution in [2.24, 2.45) is 0 Å². The third kappa shape index (κ3) is 5.90. The van der Waals surface area contributed by atoms with Gasteiger partial charge in [0.1, 0.15) is 5.75 Å². The molecule has 4 aromatic rings. The van der Waals surface area contributed by atoms with Crippen LogP contribution in [-0.2, 0) is 6.54 Å². The number of rotatable bonds is 8. The Kier molecular flexibility index (Phi) is 7.53. The predicted molar refractivity (Wildman–Crippen MR) is 138 cm³/mol. The summed E-state index contributed by atoms with van der Waals surface area (Å²) in [7, 11) is 1.53. The average Bonchev–Trinajstić information content (AvgIpc) is 3.35. The van der Waals surface area contributed by atoms with E-state index in [1.165, 1.54) is 13.3 Å². The molecule has 4 rings (SSSR count). The fraction of sp³-hybridized carbons (Fsp3) is 0.200. The van der Waals surface area contributed by atoms with Crippen LogP contribution in [0.15, 0.2) is 61.1 Å². The number of carbonyl (C=O) groups excluding carboxylic acids is 1. The van der Waals surface area contributed by atoms with Crippen LogP contribution in [0.5, 0.6) is 5.75 Å². The molecular weight excluding hydrogens is 487 g/mol. The van der Waals surface area contributed by atoms with Gasteiger partial charge in [0, 0.05) is 34.9 Å². The number of methoxy groups -OCH3 is 1. The molecule has 35 heavy (non-hydrogen) atoms. The van der Waals surface area contributed by atoms with Gasteiger partial charge in [0.25, 0.3) is 5.91 Å². The quantitative estimate of drug-likeness (QED) is 0.306. The van der Waals surface area contributed by atoms with Gasteiger partial charge in [-0.3, -0.25) is 9.48 Å². The molecule has 0 saturated heterocycles. The van der Waals surface area contributed by atoms with Gasteiger partial charge in [-0.25, -0.2) is 9.97 Å². The Morgan fingerprint density at radius 2 is 1.89 bits per heavy atom. The van der Waals surface area contributed by atoms with E-state index < -0.39 is 0 Å². The normalized spacial score (nSPS) is 10.9. The number of halogens is 2. The molecule has 2 aromatic heterocycles. The fourth-order valence-corrected chi connectivity index (χ4v) is 3.64. The highest BCUT2D eigenvalue weighted by atomic mass is 35.5. The lowest BCUT2D eigenvalue weighted by Crippen LogP contribution is -2.22. The van der Waals surface area contributed by atoms with Gasteiger partial charge in [0.15, 0.2) is 0 Å². The van der Waals surface area contributed by atoms with E-state index in [2.05, 4.69) is 25.7 Å². The summed E-state index contributed by atoms with van der Waals surface area (Å²) in [6, 6.07) is 12.6. The Morgan fingerprint density at radius 1 is 1.11 bits per heavy atom. The SMILES string of the molecule is COc1cc(C(=O)NCc2ccc(Cl)cc2)ccc1Nc1ncc(Cl)c(-c2cnn(C(C)C)c2)n1. The molecule has 0 unspecified atom stereocenters. The lowest BCUT2D eigenvalue weighted by Gasteiger charge is -2.13. The van der Waals surface area contributed by atoms with E-state index in [1.807, 2.05) is 36.9 Å². The molecule has 2 N–H and O–H groups in total. The Bertz CT molecular complexity index is 1340. The van der Waals surface area contributed by atoms with Gasteiger partial charge in [-0.2, -0.15) is 5.10 Å². The first-order chi connectivity index (χ1) is 16.8. The fourth-order valence-electron chi connectivity index (χ4n) is 3.32. The molecule has 2 heterocycles. The van der Waals surface area contributed by atoms with E-state index in [0.29, 0.717) is 45.2 Å². The van der Waals surface area contributed by atoms with Crippen molar-refractivity contribution in [3.63, 3.8) is 0 Å². The Hall–Kier alpha value is -3.62. The van der Waals surface area contributed by atoms with E-state index in [0.717, 1.165) is 11.1 Å². The summed E-state index contributed by atoms with van der Waals surface area (Å²) in [5, 5.41) is 11.4. The van der Waals surface area contributed by atoms with Crippen LogP contribution in [0.1, 0.15) is 35.8 Å². The topological polar surface area (TPSA) is 94.0 Å². The first kappa shape index (κ1) is 24.5. The maximum absolute atomic E-state index is 12.7. The molecule has 0 aliphatic carbocycles. The van der Waals surface area contributed by atoms with Crippen LogP contribution in [0.25, 0.3) is 11.3 Å². The molecular formula is C25H24Cl2N6O2. The van der Waals surface area contributed by atoms with E-state index in [4.69, 9.17) is 27.9 Å². The lowest BCUT2D eigenvalue weighted by molar-refractivity contribution is 0.0950. The standard InChI is InChI=1S/C25H24Cl2N6O2/c1-15(2)33-14-18(12-30-33)23-20(27)13-29-25(32-23)31-21-9-6-17(10-22(21)35-3)24(34)28-11-16-4-7-19(26)8-5-16/h4-10,12-15H,11H2,1-3H3,(H,28,34)(H,29,31,32). The van der Waals surface area contributed by atoms with Crippen molar-refractivity contribution in [1.29, 1.82) is 0 Å². The van der Waals surface area contributed by atoms with Crippen molar-refractivity contribution in [3.05, 3.63) is 82.2 Å². The summed E-state index contributed by atoms with van der Waals surface area (Å²) in [5.74, 6) is 0.578. The minimum absolute atomic E-state index is 0.216. The van der Waals surface area contributed by atoms with Crippen molar-refractivity contribution in [1.82, 2.24) is 25.1 Å². The van der Waals surface area contributed by atoms with Crippen LogP contribution in [0.3, 0.4) is 0 Å². The number of ether oxygens (including phenoxy) is 1. The van der Waals surface area contributed by atoms with Crippen molar-refractivity contribution in [3.8, 4) is 17.0 Å². The summed E-state index contributed by atoms with van der Waals surface area (Å²) >= 11 is 12.3. The summed E-state index contributed by atoms with van der Waals surface area (Å²) in [6.45, 7) is 4.46. The number of nitrogens with zero attached hydrogens (tertiary/aromatic N) is 4. The van der Waals surface area contributed by atoms with Gasteiger partial charge < -0.3 is 15.4 Å². The maximum Gasteiger partial charge on any atom is 0.251 e. The lowest BCUT2D eigenvalue weighted by atomic mass is 10.1. The summed E-state index contributed by atoms with van der Waals surface area (Å²) in [6.07, 6.45) is 5.14. The van der Waals surface area contributed by atoms with Gasteiger partial charge >= 0.3 is 0 Å². The molecule has 8 nitrogen and oxygen atoms in total.